The summed E-state index contributed by atoms with van der Waals surface area (Å²) in [7, 11) is -3.97. The summed E-state index contributed by atoms with van der Waals surface area (Å²) in [6.07, 6.45) is 3.08. The molecule has 1 aromatic rings. The smallest absolute Gasteiger partial charge is 0.207 e. The fourth-order valence-corrected chi connectivity index (χ4v) is 4.26. The molecule has 0 bridgehead atoms. The third-order valence-corrected chi connectivity index (χ3v) is 6.17. The van der Waals surface area contributed by atoms with Gasteiger partial charge in [-0.05, 0) is 30.9 Å². The Morgan fingerprint density at radius 3 is 2.48 bits per heavy atom. The zero-order chi connectivity index (χ0) is 15.6. The molecular weight excluding hydrogens is 320 g/mol. The predicted molar refractivity (Wildman–Crippen MR) is 77.7 cm³/mol. The number of hydrogen-bond acceptors (Lipinski definition) is 2. The van der Waals surface area contributed by atoms with Crippen molar-refractivity contribution in [1.82, 2.24) is 4.31 Å². The first-order valence-electron chi connectivity index (χ1n) is 6.94. The van der Waals surface area contributed by atoms with Gasteiger partial charge in [0.25, 0.3) is 0 Å². The lowest BCUT2D eigenvalue weighted by atomic mass is 9.85. The number of alkyl halides is 1. The zero-order valence-electron chi connectivity index (χ0n) is 11.8. The molecule has 3 nitrogen and oxygen atoms in total. The first-order valence-corrected chi connectivity index (χ1v) is 8.92. The molecule has 0 aliphatic heterocycles. The first-order chi connectivity index (χ1) is 9.91. The van der Waals surface area contributed by atoms with Gasteiger partial charge in [-0.2, -0.15) is 4.31 Å². The van der Waals surface area contributed by atoms with Gasteiger partial charge in [0.1, 0.15) is 10.7 Å². The summed E-state index contributed by atoms with van der Waals surface area (Å²) in [6, 6.07) is 1.92. The molecule has 0 saturated heterocycles. The molecule has 0 spiro atoms. The summed E-state index contributed by atoms with van der Waals surface area (Å²) in [5.41, 5.74) is -0.405. The van der Waals surface area contributed by atoms with Crippen molar-refractivity contribution in [2.75, 3.05) is 13.1 Å². The van der Waals surface area contributed by atoms with Crippen LogP contribution in [0.2, 0.25) is 0 Å². The molecule has 0 atom stereocenters. The quantitative estimate of drug-likeness (QED) is 0.745. The van der Waals surface area contributed by atoms with Crippen LogP contribution < -0.4 is 0 Å². The molecule has 7 heteroatoms. The fourth-order valence-electron chi connectivity index (χ4n) is 2.40. The van der Waals surface area contributed by atoms with Crippen LogP contribution in [0, 0.1) is 17.6 Å². The van der Waals surface area contributed by atoms with Crippen molar-refractivity contribution >= 4 is 21.6 Å². The maximum Gasteiger partial charge on any atom is 0.245 e. The van der Waals surface area contributed by atoms with Gasteiger partial charge in [-0.25, -0.2) is 17.2 Å². The van der Waals surface area contributed by atoms with Gasteiger partial charge in [0.05, 0.1) is 5.88 Å². The van der Waals surface area contributed by atoms with Gasteiger partial charge in [0.15, 0.2) is 5.82 Å². The summed E-state index contributed by atoms with van der Waals surface area (Å²) < 4.78 is 54.0. The second-order valence-corrected chi connectivity index (χ2v) is 7.40. The van der Waals surface area contributed by atoms with Crippen LogP contribution in [0.5, 0.6) is 0 Å². The van der Waals surface area contributed by atoms with Crippen LogP contribution in [0.3, 0.4) is 0 Å². The highest BCUT2D eigenvalue weighted by Crippen LogP contribution is 2.30. The van der Waals surface area contributed by atoms with Gasteiger partial charge in [-0.3, -0.25) is 0 Å². The lowest BCUT2D eigenvalue weighted by Gasteiger charge is -2.31. The first kappa shape index (κ1) is 16.6. The van der Waals surface area contributed by atoms with E-state index >= 15 is 0 Å². The highest BCUT2D eigenvalue weighted by atomic mass is 35.5. The number of benzene rings is 1. The molecule has 0 heterocycles. The van der Waals surface area contributed by atoms with Crippen molar-refractivity contribution in [3.63, 3.8) is 0 Å². The number of nitrogens with zero attached hydrogens (tertiary/aromatic N) is 1. The molecule has 0 unspecified atom stereocenters. The monoisotopic (exact) mass is 337 g/mol. The van der Waals surface area contributed by atoms with E-state index in [4.69, 9.17) is 11.6 Å². The molecule has 1 fully saturated rings. The predicted octanol–water partition coefficient (Wildman–Crippen LogP) is 3.51. The Hall–Kier alpha value is -0.720. The molecule has 1 aliphatic rings. The average molecular weight is 338 g/mol. The van der Waals surface area contributed by atoms with Crippen molar-refractivity contribution < 1.29 is 17.2 Å². The third-order valence-electron chi connectivity index (χ3n) is 3.94. The van der Waals surface area contributed by atoms with Crippen LogP contribution in [-0.4, -0.2) is 25.8 Å². The lowest BCUT2D eigenvalue weighted by Crippen LogP contribution is -2.37. The molecular formula is C14H18ClF2NO2S. The second-order valence-electron chi connectivity index (χ2n) is 5.22. The van der Waals surface area contributed by atoms with Gasteiger partial charge in [0.2, 0.25) is 10.0 Å². The summed E-state index contributed by atoms with van der Waals surface area (Å²) in [4.78, 5) is -0.499. The normalized spacial score (nSPS) is 16.2. The van der Waals surface area contributed by atoms with E-state index in [1.807, 2.05) is 0 Å². The Morgan fingerprint density at radius 2 is 2.00 bits per heavy atom. The van der Waals surface area contributed by atoms with Gasteiger partial charge >= 0.3 is 0 Å². The Balaban J connectivity index is 2.37. The SMILES string of the molecule is CCN(CC1CCC1)S(=O)(=O)c1ccc(F)c(CCl)c1F. The molecule has 21 heavy (non-hydrogen) atoms. The maximum atomic E-state index is 14.2. The Bertz CT molecular complexity index is 618. The van der Waals surface area contributed by atoms with Crippen molar-refractivity contribution in [2.45, 2.75) is 37.0 Å². The van der Waals surface area contributed by atoms with Crippen LogP contribution in [0.25, 0.3) is 0 Å². The van der Waals surface area contributed by atoms with E-state index in [1.54, 1.807) is 6.92 Å². The maximum absolute atomic E-state index is 14.2. The molecule has 0 radical (unpaired) electrons. The van der Waals surface area contributed by atoms with E-state index in [1.165, 1.54) is 4.31 Å². The topological polar surface area (TPSA) is 37.4 Å². The van der Waals surface area contributed by atoms with Gasteiger partial charge < -0.3 is 0 Å². The van der Waals surface area contributed by atoms with Crippen LogP contribution in [0.4, 0.5) is 8.78 Å². The Labute approximate surface area is 129 Å². The summed E-state index contributed by atoms with van der Waals surface area (Å²) in [5.74, 6) is -1.99. The molecule has 0 N–H and O–H groups in total. The van der Waals surface area contributed by atoms with Gasteiger partial charge in [0, 0.05) is 18.7 Å². The molecule has 0 amide bonds. The van der Waals surface area contributed by atoms with Crippen molar-refractivity contribution in [3.8, 4) is 0 Å². The number of halogens is 3. The van der Waals surface area contributed by atoms with Crippen LogP contribution in [0.15, 0.2) is 17.0 Å². The van der Waals surface area contributed by atoms with E-state index in [0.717, 1.165) is 31.4 Å². The molecule has 1 saturated carbocycles. The number of sulfonamides is 1. The van der Waals surface area contributed by atoms with Gasteiger partial charge in [-0.1, -0.05) is 13.3 Å². The van der Waals surface area contributed by atoms with E-state index in [0.29, 0.717) is 12.5 Å². The molecule has 1 aliphatic carbocycles. The zero-order valence-corrected chi connectivity index (χ0v) is 13.4. The van der Waals surface area contributed by atoms with Crippen molar-refractivity contribution in [3.05, 3.63) is 29.3 Å². The minimum Gasteiger partial charge on any atom is -0.207 e. The van der Waals surface area contributed by atoms with Crippen molar-refractivity contribution in [2.24, 2.45) is 5.92 Å². The van der Waals surface area contributed by atoms with Crippen molar-refractivity contribution in [1.29, 1.82) is 0 Å². The molecule has 118 valence electrons. The van der Waals surface area contributed by atoms with E-state index in [9.17, 15) is 17.2 Å². The molecule has 1 aromatic carbocycles. The highest BCUT2D eigenvalue weighted by molar-refractivity contribution is 7.89. The van der Waals surface area contributed by atoms with E-state index in [2.05, 4.69) is 0 Å². The highest BCUT2D eigenvalue weighted by Gasteiger charge is 2.31. The standard InChI is InChI=1S/C14H18ClF2NO2S/c1-2-18(9-10-4-3-5-10)21(19,20)13-7-6-12(16)11(8-15)14(13)17/h6-7,10H,2-5,8-9H2,1H3. The fraction of sp³-hybridized carbons (Fsp3) is 0.571. The minimum atomic E-state index is -3.97. The third kappa shape index (κ3) is 3.22. The summed E-state index contributed by atoms with van der Waals surface area (Å²) >= 11 is 5.50. The van der Waals surface area contributed by atoms with Crippen LogP contribution >= 0.6 is 11.6 Å². The number of rotatable bonds is 6. The summed E-state index contributed by atoms with van der Waals surface area (Å²) in [6.45, 7) is 2.35. The summed E-state index contributed by atoms with van der Waals surface area (Å²) in [5, 5.41) is 0. The van der Waals surface area contributed by atoms with Crippen LogP contribution in [0.1, 0.15) is 31.7 Å². The molecule has 2 rings (SSSR count). The van der Waals surface area contributed by atoms with E-state index in [-0.39, 0.29) is 6.54 Å². The molecule has 0 aromatic heterocycles. The average Bonchev–Trinajstić information content (AvgIpc) is 2.37. The largest absolute Gasteiger partial charge is 0.245 e. The minimum absolute atomic E-state index is 0.256. The lowest BCUT2D eigenvalue weighted by molar-refractivity contribution is 0.249. The van der Waals surface area contributed by atoms with Crippen LogP contribution in [-0.2, 0) is 15.9 Å². The number of hydrogen-bond donors (Lipinski definition) is 0. The Kier molecular flexibility index (Phi) is 5.22. The second kappa shape index (κ2) is 6.58. The Morgan fingerprint density at radius 1 is 1.33 bits per heavy atom. The van der Waals surface area contributed by atoms with Gasteiger partial charge in [-0.15, -0.1) is 11.6 Å². The van der Waals surface area contributed by atoms with E-state index < -0.39 is 38.0 Å².